The molecule has 1 atom stereocenters. The van der Waals surface area contributed by atoms with Gasteiger partial charge in [-0.3, -0.25) is 0 Å². The van der Waals surface area contributed by atoms with Gasteiger partial charge in [-0.2, -0.15) is 0 Å². The SMILES string of the molecule is COc1cccc(NC(CN)CC(C)(C)C)c1. The molecule has 0 aliphatic carbocycles. The maximum absolute atomic E-state index is 5.80. The molecule has 1 aromatic rings. The smallest absolute Gasteiger partial charge is 0.120 e. The van der Waals surface area contributed by atoms with Crippen LogP contribution < -0.4 is 15.8 Å². The van der Waals surface area contributed by atoms with E-state index in [4.69, 9.17) is 10.5 Å². The van der Waals surface area contributed by atoms with Crippen LogP contribution in [0, 0.1) is 5.41 Å². The zero-order chi connectivity index (χ0) is 12.9. The number of ether oxygens (including phenoxy) is 1. The maximum Gasteiger partial charge on any atom is 0.120 e. The van der Waals surface area contributed by atoms with Crippen LogP contribution in [0.1, 0.15) is 27.2 Å². The molecule has 0 fully saturated rings. The van der Waals surface area contributed by atoms with Gasteiger partial charge in [0.05, 0.1) is 7.11 Å². The Balaban J connectivity index is 2.67. The van der Waals surface area contributed by atoms with Crippen molar-refractivity contribution in [3.05, 3.63) is 24.3 Å². The van der Waals surface area contributed by atoms with Crippen LogP contribution in [-0.2, 0) is 0 Å². The summed E-state index contributed by atoms with van der Waals surface area (Å²) in [5.74, 6) is 0.863. The van der Waals surface area contributed by atoms with Gasteiger partial charge in [-0.15, -0.1) is 0 Å². The minimum absolute atomic E-state index is 0.274. The quantitative estimate of drug-likeness (QED) is 0.826. The lowest BCUT2D eigenvalue weighted by atomic mass is 9.88. The van der Waals surface area contributed by atoms with Gasteiger partial charge >= 0.3 is 0 Å². The Labute approximate surface area is 104 Å². The number of methoxy groups -OCH3 is 1. The third-order valence-corrected chi connectivity index (χ3v) is 2.58. The summed E-state index contributed by atoms with van der Waals surface area (Å²) in [5, 5.41) is 3.45. The summed E-state index contributed by atoms with van der Waals surface area (Å²) in [6.07, 6.45) is 1.04. The molecule has 0 spiro atoms. The van der Waals surface area contributed by atoms with E-state index in [0.29, 0.717) is 12.6 Å². The molecule has 0 aliphatic rings. The number of benzene rings is 1. The highest BCUT2D eigenvalue weighted by molar-refractivity contribution is 5.48. The van der Waals surface area contributed by atoms with Crippen molar-refractivity contribution in [2.24, 2.45) is 11.1 Å². The average Bonchev–Trinajstić information content (AvgIpc) is 2.26. The molecule has 3 N–H and O–H groups in total. The Morgan fingerprint density at radius 2 is 2.06 bits per heavy atom. The van der Waals surface area contributed by atoms with Crippen molar-refractivity contribution >= 4 is 5.69 Å². The third-order valence-electron chi connectivity index (χ3n) is 2.58. The van der Waals surface area contributed by atoms with E-state index in [1.807, 2.05) is 24.3 Å². The molecule has 0 heterocycles. The molecule has 0 bridgehead atoms. The molecule has 1 unspecified atom stereocenters. The van der Waals surface area contributed by atoms with E-state index in [2.05, 4.69) is 26.1 Å². The summed E-state index contributed by atoms with van der Waals surface area (Å²) < 4.78 is 5.20. The Hall–Kier alpha value is -1.22. The van der Waals surface area contributed by atoms with Crippen molar-refractivity contribution in [1.82, 2.24) is 0 Å². The van der Waals surface area contributed by atoms with Crippen LogP contribution >= 0.6 is 0 Å². The number of nitrogens with one attached hydrogen (secondary N) is 1. The third kappa shape index (κ3) is 5.09. The van der Waals surface area contributed by atoms with Crippen LogP contribution in [-0.4, -0.2) is 19.7 Å². The first-order chi connectivity index (χ1) is 7.94. The van der Waals surface area contributed by atoms with Gasteiger partial charge < -0.3 is 15.8 Å². The molecule has 96 valence electrons. The van der Waals surface area contributed by atoms with E-state index in [0.717, 1.165) is 17.9 Å². The Morgan fingerprint density at radius 3 is 2.59 bits per heavy atom. The summed E-state index contributed by atoms with van der Waals surface area (Å²) in [5.41, 5.74) is 7.14. The van der Waals surface area contributed by atoms with Gasteiger partial charge in [0.15, 0.2) is 0 Å². The van der Waals surface area contributed by atoms with E-state index < -0.39 is 0 Å². The van der Waals surface area contributed by atoms with Gasteiger partial charge in [0.2, 0.25) is 0 Å². The van der Waals surface area contributed by atoms with E-state index in [1.165, 1.54) is 0 Å². The molecule has 17 heavy (non-hydrogen) atoms. The highest BCUT2D eigenvalue weighted by Crippen LogP contribution is 2.24. The lowest BCUT2D eigenvalue weighted by Gasteiger charge is -2.26. The van der Waals surface area contributed by atoms with Crippen LogP contribution in [0.5, 0.6) is 5.75 Å². The van der Waals surface area contributed by atoms with Gasteiger partial charge in [0, 0.05) is 24.3 Å². The second-order valence-electron chi connectivity index (χ2n) is 5.57. The van der Waals surface area contributed by atoms with Gasteiger partial charge in [-0.25, -0.2) is 0 Å². The fourth-order valence-electron chi connectivity index (χ4n) is 1.88. The summed E-state index contributed by atoms with van der Waals surface area (Å²) in [6, 6.07) is 8.24. The highest BCUT2D eigenvalue weighted by Gasteiger charge is 2.17. The van der Waals surface area contributed by atoms with Crippen molar-refractivity contribution in [2.45, 2.75) is 33.2 Å². The molecule has 0 radical (unpaired) electrons. The van der Waals surface area contributed by atoms with E-state index in [9.17, 15) is 0 Å². The summed E-state index contributed by atoms with van der Waals surface area (Å²) in [6.45, 7) is 7.31. The van der Waals surface area contributed by atoms with Gasteiger partial charge in [-0.05, 0) is 24.0 Å². The molecule has 1 aromatic carbocycles. The largest absolute Gasteiger partial charge is 0.497 e. The topological polar surface area (TPSA) is 47.3 Å². The number of hydrogen-bond donors (Lipinski definition) is 2. The Kier molecular flexibility index (Phi) is 4.82. The molecule has 0 aromatic heterocycles. The van der Waals surface area contributed by atoms with Crippen molar-refractivity contribution in [3.63, 3.8) is 0 Å². The number of nitrogens with two attached hydrogens (primary N) is 1. The molecule has 3 heteroatoms. The standard InChI is InChI=1S/C14H24N2O/c1-14(2,3)9-12(10-15)16-11-6-5-7-13(8-11)17-4/h5-8,12,16H,9-10,15H2,1-4H3. The second-order valence-corrected chi connectivity index (χ2v) is 5.57. The normalized spacial score (nSPS) is 13.2. The first-order valence-electron chi connectivity index (χ1n) is 6.05. The van der Waals surface area contributed by atoms with Crippen molar-refractivity contribution in [2.75, 3.05) is 19.0 Å². The Bertz CT molecular complexity index is 344. The Morgan fingerprint density at radius 1 is 1.35 bits per heavy atom. The lowest BCUT2D eigenvalue weighted by molar-refractivity contribution is 0.351. The van der Waals surface area contributed by atoms with Crippen molar-refractivity contribution in [1.29, 1.82) is 0 Å². The van der Waals surface area contributed by atoms with Gasteiger partial charge in [0.1, 0.15) is 5.75 Å². The molecule has 0 saturated carbocycles. The molecule has 3 nitrogen and oxygen atoms in total. The average molecular weight is 236 g/mol. The molecule has 0 amide bonds. The molecule has 0 saturated heterocycles. The van der Waals surface area contributed by atoms with Crippen LogP contribution in [0.3, 0.4) is 0 Å². The fraction of sp³-hybridized carbons (Fsp3) is 0.571. The predicted molar refractivity (Wildman–Crippen MR) is 73.5 cm³/mol. The number of hydrogen-bond acceptors (Lipinski definition) is 3. The summed E-state index contributed by atoms with van der Waals surface area (Å²) >= 11 is 0. The van der Waals surface area contributed by atoms with Gasteiger partial charge in [0.25, 0.3) is 0 Å². The fourth-order valence-corrected chi connectivity index (χ4v) is 1.88. The van der Waals surface area contributed by atoms with Crippen molar-refractivity contribution < 1.29 is 4.74 Å². The molecule has 1 rings (SSSR count). The van der Waals surface area contributed by atoms with Gasteiger partial charge in [-0.1, -0.05) is 26.8 Å². The maximum atomic E-state index is 5.80. The van der Waals surface area contributed by atoms with E-state index in [-0.39, 0.29) is 5.41 Å². The molecular weight excluding hydrogens is 212 g/mol. The first-order valence-corrected chi connectivity index (χ1v) is 6.05. The number of anilines is 1. The molecule has 0 aliphatic heterocycles. The van der Waals surface area contributed by atoms with Crippen LogP contribution in [0.2, 0.25) is 0 Å². The minimum atomic E-state index is 0.274. The zero-order valence-electron chi connectivity index (χ0n) is 11.3. The first kappa shape index (κ1) is 13.8. The second kappa shape index (κ2) is 5.92. The summed E-state index contributed by atoms with van der Waals surface area (Å²) in [7, 11) is 1.68. The number of rotatable bonds is 5. The van der Waals surface area contributed by atoms with E-state index in [1.54, 1.807) is 7.11 Å². The van der Waals surface area contributed by atoms with Crippen LogP contribution in [0.25, 0.3) is 0 Å². The predicted octanol–water partition coefficient (Wildman–Crippen LogP) is 2.87. The minimum Gasteiger partial charge on any atom is -0.497 e. The van der Waals surface area contributed by atoms with Crippen LogP contribution in [0.15, 0.2) is 24.3 Å². The van der Waals surface area contributed by atoms with E-state index >= 15 is 0 Å². The molecular formula is C14H24N2O. The lowest BCUT2D eigenvalue weighted by Crippen LogP contribution is -2.32. The van der Waals surface area contributed by atoms with Crippen LogP contribution in [0.4, 0.5) is 5.69 Å². The highest BCUT2D eigenvalue weighted by atomic mass is 16.5. The monoisotopic (exact) mass is 236 g/mol. The van der Waals surface area contributed by atoms with Crippen molar-refractivity contribution in [3.8, 4) is 5.75 Å². The zero-order valence-corrected chi connectivity index (χ0v) is 11.3. The summed E-state index contributed by atoms with van der Waals surface area (Å²) in [4.78, 5) is 0.